The summed E-state index contributed by atoms with van der Waals surface area (Å²) >= 11 is 0. The Balaban J connectivity index is 1.65. The van der Waals surface area contributed by atoms with Gasteiger partial charge in [-0.15, -0.1) is 0 Å². The van der Waals surface area contributed by atoms with Crippen LogP contribution in [0.25, 0.3) is 5.69 Å². The molecule has 0 aliphatic heterocycles. The van der Waals surface area contributed by atoms with Crippen molar-refractivity contribution < 1.29 is 14.3 Å². The molecule has 3 rings (SSSR count). The highest BCUT2D eigenvalue weighted by Crippen LogP contribution is 2.31. The molecule has 2 N–H and O–H groups in total. The maximum atomic E-state index is 13.7. The Morgan fingerprint density at radius 3 is 2.78 bits per heavy atom. The molecule has 1 aliphatic rings. The number of para-hydroxylation sites is 1. The largest absolute Gasteiger partial charge is 0.389 e. The van der Waals surface area contributed by atoms with Gasteiger partial charge in [-0.1, -0.05) is 31.4 Å². The van der Waals surface area contributed by atoms with Crippen LogP contribution >= 0.6 is 0 Å². The van der Waals surface area contributed by atoms with Crippen LogP contribution in [0.4, 0.5) is 10.1 Å². The van der Waals surface area contributed by atoms with E-state index in [2.05, 4.69) is 10.4 Å². The third-order valence-electron chi connectivity index (χ3n) is 4.24. The molecule has 0 saturated heterocycles. The highest BCUT2D eigenvalue weighted by atomic mass is 19.1. The van der Waals surface area contributed by atoms with Crippen molar-refractivity contribution in [2.24, 2.45) is 0 Å². The third kappa shape index (κ3) is 3.76. The summed E-state index contributed by atoms with van der Waals surface area (Å²) in [4.78, 5) is 12.1. The molecule has 0 unspecified atom stereocenters. The van der Waals surface area contributed by atoms with Crippen LogP contribution in [0.3, 0.4) is 0 Å². The zero-order chi connectivity index (χ0) is 16.3. The van der Waals surface area contributed by atoms with Crippen molar-refractivity contribution in [1.29, 1.82) is 0 Å². The predicted molar refractivity (Wildman–Crippen MR) is 84.8 cm³/mol. The molecule has 1 aromatic carbocycles. The maximum Gasteiger partial charge on any atom is 0.227 e. The fraction of sp³-hybridized carbons (Fsp3) is 0.412. The number of carbonyl (C=O) groups is 1. The van der Waals surface area contributed by atoms with Crippen LogP contribution in [0.1, 0.15) is 38.5 Å². The van der Waals surface area contributed by atoms with Crippen molar-refractivity contribution in [3.05, 3.63) is 42.5 Å². The lowest BCUT2D eigenvalue weighted by Gasteiger charge is -2.31. The number of nitrogens with one attached hydrogen (secondary N) is 1. The summed E-state index contributed by atoms with van der Waals surface area (Å²) in [5, 5.41) is 17.2. The first-order chi connectivity index (χ1) is 11.1. The van der Waals surface area contributed by atoms with Gasteiger partial charge >= 0.3 is 0 Å². The maximum absolute atomic E-state index is 13.7. The second kappa shape index (κ2) is 6.50. The number of rotatable bonds is 4. The molecule has 23 heavy (non-hydrogen) atoms. The van der Waals surface area contributed by atoms with Gasteiger partial charge in [0.15, 0.2) is 0 Å². The Hall–Kier alpha value is -2.21. The fourth-order valence-corrected chi connectivity index (χ4v) is 3.05. The smallest absolute Gasteiger partial charge is 0.227 e. The first kappa shape index (κ1) is 15.7. The first-order valence-corrected chi connectivity index (χ1v) is 7.88. The Morgan fingerprint density at radius 1 is 1.30 bits per heavy atom. The highest BCUT2D eigenvalue weighted by Gasteiger charge is 2.31. The van der Waals surface area contributed by atoms with E-state index in [1.54, 1.807) is 24.4 Å². The van der Waals surface area contributed by atoms with Gasteiger partial charge in [0.25, 0.3) is 0 Å². The number of aromatic nitrogens is 2. The zero-order valence-corrected chi connectivity index (χ0v) is 12.8. The molecule has 1 heterocycles. The number of aliphatic hydroxyl groups is 1. The van der Waals surface area contributed by atoms with E-state index in [4.69, 9.17) is 0 Å². The van der Waals surface area contributed by atoms with Gasteiger partial charge in [0.05, 0.1) is 30.1 Å². The summed E-state index contributed by atoms with van der Waals surface area (Å²) in [7, 11) is 0. The number of hydrogen-bond donors (Lipinski definition) is 2. The summed E-state index contributed by atoms with van der Waals surface area (Å²) in [6.45, 7) is 0. The summed E-state index contributed by atoms with van der Waals surface area (Å²) < 4.78 is 15.1. The molecular weight excluding hydrogens is 297 g/mol. The van der Waals surface area contributed by atoms with Crippen molar-refractivity contribution in [1.82, 2.24) is 9.78 Å². The van der Waals surface area contributed by atoms with Gasteiger partial charge in [-0.3, -0.25) is 4.79 Å². The van der Waals surface area contributed by atoms with Gasteiger partial charge in [-0.2, -0.15) is 5.10 Å². The molecule has 5 nitrogen and oxygen atoms in total. The number of hydrogen-bond acceptors (Lipinski definition) is 3. The SMILES string of the molecule is O=C(CC1(O)CCCCC1)Nc1cnn(-c2ccccc2F)c1. The summed E-state index contributed by atoms with van der Waals surface area (Å²) in [6.07, 6.45) is 7.45. The number of nitrogens with zero attached hydrogens (tertiary/aromatic N) is 2. The van der Waals surface area contributed by atoms with Crippen LogP contribution < -0.4 is 5.32 Å². The lowest BCUT2D eigenvalue weighted by molar-refractivity contribution is -0.122. The Kier molecular flexibility index (Phi) is 4.43. The van der Waals surface area contributed by atoms with E-state index in [0.29, 0.717) is 24.2 Å². The zero-order valence-electron chi connectivity index (χ0n) is 12.8. The summed E-state index contributed by atoms with van der Waals surface area (Å²) in [6, 6.07) is 6.29. The van der Waals surface area contributed by atoms with Crippen molar-refractivity contribution in [3.8, 4) is 5.69 Å². The van der Waals surface area contributed by atoms with Crippen molar-refractivity contribution in [2.45, 2.75) is 44.1 Å². The molecule has 6 heteroatoms. The average molecular weight is 317 g/mol. The van der Waals surface area contributed by atoms with Gasteiger partial charge in [0, 0.05) is 0 Å². The summed E-state index contributed by atoms with van der Waals surface area (Å²) in [5.74, 6) is -0.632. The lowest BCUT2D eigenvalue weighted by Crippen LogP contribution is -2.35. The molecule has 1 aromatic heterocycles. The molecular formula is C17H20FN3O2. The van der Waals surface area contributed by atoms with Crippen LogP contribution in [0.2, 0.25) is 0 Å². The fourth-order valence-electron chi connectivity index (χ4n) is 3.05. The Morgan fingerprint density at radius 2 is 2.04 bits per heavy atom. The minimum atomic E-state index is -0.899. The number of amides is 1. The Bertz CT molecular complexity index is 693. The van der Waals surface area contributed by atoms with Crippen LogP contribution in [0.15, 0.2) is 36.7 Å². The van der Waals surface area contributed by atoms with E-state index < -0.39 is 5.60 Å². The van der Waals surface area contributed by atoms with E-state index in [-0.39, 0.29) is 18.1 Å². The van der Waals surface area contributed by atoms with Crippen molar-refractivity contribution in [2.75, 3.05) is 5.32 Å². The van der Waals surface area contributed by atoms with Crippen molar-refractivity contribution in [3.63, 3.8) is 0 Å². The first-order valence-electron chi connectivity index (χ1n) is 7.88. The Labute approximate surface area is 134 Å². The quantitative estimate of drug-likeness (QED) is 0.911. The van der Waals surface area contributed by atoms with E-state index in [1.165, 1.54) is 16.9 Å². The highest BCUT2D eigenvalue weighted by molar-refractivity contribution is 5.91. The molecule has 0 radical (unpaired) electrons. The van der Waals surface area contributed by atoms with E-state index in [9.17, 15) is 14.3 Å². The lowest BCUT2D eigenvalue weighted by atomic mass is 9.82. The van der Waals surface area contributed by atoms with Gasteiger partial charge in [-0.05, 0) is 25.0 Å². The van der Waals surface area contributed by atoms with Crippen LogP contribution in [0.5, 0.6) is 0 Å². The van der Waals surface area contributed by atoms with Gasteiger partial charge in [-0.25, -0.2) is 9.07 Å². The van der Waals surface area contributed by atoms with Gasteiger partial charge < -0.3 is 10.4 Å². The number of halogens is 1. The van der Waals surface area contributed by atoms with E-state index in [1.807, 2.05) is 0 Å². The second-order valence-electron chi connectivity index (χ2n) is 6.13. The van der Waals surface area contributed by atoms with Crippen LogP contribution in [0, 0.1) is 5.82 Å². The molecule has 0 atom stereocenters. The predicted octanol–water partition coefficient (Wildman–Crippen LogP) is 3.04. The van der Waals surface area contributed by atoms with Gasteiger partial charge in [0.2, 0.25) is 5.91 Å². The van der Waals surface area contributed by atoms with Crippen LogP contribution in [-0.4, -0.2) is 26.4 Å². The molecule has 0 spiro atoms. The number of benzene rings is 1. The standard InChI is InChI=1S/C17H20FN3O2/c18-14-6-2-3-7-15(14)21-12-13(11-19-21)20-16(22)10-17(23)8-4-1-5-9-17/h2-3,6-7,11-12,23H,1,4-5,8-10H2,(H,20,22). The minimum Gasteiger partial charge on any atom is -0.389 e. The molecule has 1 fully saturated rings. The number of carbonyl (C=O) groups excluding carboxylic acids is 1. The van der Waals surface area contributed by atoms with Gasteiger partial charge in [0.1, 0.15) is 11.5 Å². The van der Waals surface area contributed by atoms with E-state index >= 15 is 0 Å². The molecule has 1 aliphatic carbocycles. The van der Waals surface area contributed by atoms with Crippen LogP contribution in [-0.2, 0) is 4.79 Å². The monoisotopic (exact) mass is 317 g/mol. The summed E-state index contributed by atoms with van der Waals surface area (Å²) in [5.41, 5.74) is -0.0966. The minimum absolute atomic E-state index is 0.0812. The van der Waals surface area contributed by atoms with Crippen molar-refractivity contribution >= 4 is 11.6 Å². The molecule has 0 bridgehead atoms. The average Bonchev–Trinajstić information content (AvgIpc) is 2.96. The second-order valence-corrected chi connectivity index (χ2v) is 6.13. The number of anilines is 1. The molecule has 122 valence electrons. The molecule has 1 amide bonds. The molecule has 2 aromatic rings. The van der Waals surface area contributed by atoms with E-state index in [0.717, 1.165) is 19.3 Å². The topological polar surface area (TPSA) is 67.2 Å². The molecule has 1 saturated carbocycles. The normalized spacial score (nSPS) is 17.0. The third-order valence-corrected chi connectivity index (χ3v) is 4.24.